The van der Waals surface area contributed by atoms with Gasteiger partial charge in [-0.25, -0.2) is 0 Å². The first-order valence-corrected chi connectivity index (χ1v) is 9.68. The summed E-state index contributed by atoms with van der Waals surface area (Å²) in [5, 5.41) is 5.82. The van der Waals surface area contributed by atoms with Crippen LogP contribution in [0.3, 0.4) is 0 Å². The second-order valence-electron chi connectivity index (χ2n) is 5.82. The lowest BCUT2D eigenvalue weighted by Crippen LogP contribution is -2.34. The van der Waals surface area contributed by atoms with Crippen molar-refractivity contribution in [3.05, 3.63) is 54.1 Å². The molecule has 0 fully saturated rings. The van der Waals surface area contributed by atoms with Crippen LogP contribution >= 0.6 is 12.2 Å². The van der Waals surface area contributed by atoms with Gasteiger partial charge in [0.15, 0.2) is 5.11 Å². The van der Waals surface area contributed by atoms with Gasteiger partial charge in [-0.05, 0) is 43.4 Å². The van der Waals surface area contributed by atoms with E-state index < -0.39 is 0 Å². The number of carbonyl (C=O) groups excluding carboxylic acids is 1. The lowest BCUT2D eigenvalue weighted by Gasteiger charge is -2.13. The van der Waals surface area contributed by atoms with E-state index >= 15 is 0 Å². The molecule has 0 aliphatic carbocycles. The second kappa shape index (κ2) is 12.7. The average Bonchev–Trinajstić information content (AvgIpc) is 2.72. The molecule has 29 heavy (non-hydrogen) atoms. The molecule has 0 aromatic heterocycles. The van der Waals surface area contributed by atoms with Gasteiger partial charge in [-0.2, -0.15) is 0 Å². The van der Waals surface area contributed by atoms with Gasteiger partial charge in [0.2, 0.25) is 0 Å². The van der Waals surface area contributed by atoms with Crippen LogP contribution in [0.4, 0.5) is 5.69 Å². The normalized spacial score (nSPS) is 10.3. The zero-order valence-corrected chi connectivity index (χ0v) is 17.4. The smallest absolute Gasteiger partial charge is 0.261 e. The van der Waals surface area contributed by atoms with Crippen LogP contribution in [-0.2, 0) is 9.47 Å². The summed E-state index contributed by atoms with van der Waals surface area (Å²) >= 11 is 5.26. The van der Waals surface area contributed by atoms with Crippen molar-refractivity contribution in [1.29, 1.82) is 0 Å². The molecule has 0 saturated heterocycles. The maximum atomic E-state index is 12.6. The van der Waals surface area contributed by atoms with E-state index in [0.29, 0.717) is 55.8 Å². The highest BCUT2D eigenvalue weighted by molar-refractivity contribution is 7.80. The molecule has 8 heteroatoms. The highest BCUT2D eigenvalue weighted by Crippen LogP contribution is 2.19. The van der Waals surface area contributed by atoms with Gasteiger partial charge in [-0.1, -0.05) is 18.2 Å². The molecule has 0 heterocycles. The number of hydrogen-bond donors (Lipinski definition) is 2. The predicted octanol–water partition coefficient (Wildman–Crippen LogP) is 3.25. The van der Waals surface area contributed by atoms with Crippen LogP contribution in [0.25, 0.3) is 0 Å². The van der Waals surface area contributed by atoms with E-state index in [0.717, 1.165) is 0 Å². The third kappa shape index (κ3) is 8.06. The minimum absolute atomic E-state index is 0.174. The monoisotopic (exact) mass is 418 g/mol. The molecule has 0 aliphatic heterocycles. The average molecular weight is 419 g/mol. The van der Waals surface area contributed by atoms with Gasteiger partial charge in [0, 0.05) is 25.5 Å². The number of nitrogens with one attached hydrogen (secondary N) is 2. The van der Waals surface area contributed by atoms with Crippen molar-refractivity contribution in [3.8, 4) is 11.5 Å². The molecule has 0 radical (unpaired) electrons. The Morgan fingerprint density at radius 2 is 1.79 bits per heavy atom. The Balaban J connectivity index is 1.92. The molecule has 2 N–H and O–H groups in total. The molecule has 2 rings (SSSR count). The van der Waals surface area contributed by atoms with Gasteiger partial charge in [0.25, 0.3) is 5.91 Å². The summed E-state index contributed by atoms with van der Waals surface area (Å²) in [5.41, 5.74) is 1.09. The van der Waals surface area contributed by atoms with E-state index in [1.165, 1.54) is 0 Å². The first kappa shape index (κ1) is 22.6. The second-order valence-corrected chi connectivity index (χ2v) is 6.23. The van der Waals surface area contributed by atoms with Crippen molar-refractivity contribution >= 4 is 28.9 Å². The quantitative estimate of drug-likeness (QED) is 0.428. The summed E-state index contributed by atoms with van der Waals surface area (Å²) in [7, 11) is 1.62. The van der Waals surface area contributed by atoms with Crippen LogP contribution in [-0.4, -0.2) is 51.2 Å². The lowest BCUT2D eigenvalue weighted by atomic mass is 10.2. The molecule has 0 saturated carbocycles. The van der Waals surface area contributed by atoms with E-state index in [2.05, 4.69) is 10.6 Å². The highest BCUT2D eigenvalue weighted by atomic mass is 32.1. The molecule has 156 valence electrons. The molecule has 0 spiro atoms. The van der Waals surface area contributed by atoms with E-state index in [1.54, 1.807) is 37.4 Å². The standard InChI is InChI=1S/C21H26N2O5S/c1-3-26-12-14-28-19-10-5-4-9-18(19)20(24)23-21(29)22-16-7-6-8-17(15-16)27-13-11-25-2/h4-10,15H,3,11-14H2,1-2H3,(H2,22,23,24,29). The minimum Gasteiger partial charge on any atom is -0.491 e. The van der Waals surface area contributed by atoms with Crippen molar-refractivity contribution in [1.82, 2.24) is 5.32 Å². The lowest BCUT2D eigenvalue weighted by molar-refractivity contribution is 0.0958. The summed E-state index contributed by atoms with van der Waals surface area (Å²) in [4.78, 5) is 12.6. The summed E-state index contributed by atoms with van der Waals surface area (Å²) < 4.78 is 21.4. The minimum atomic E-state index is -0.359. The SMILES string of the molecule is CCOCCOc1ccccc1C(=O)NC(=S)Nc1cccc(OCCOC)c1. The largest absolute Gasteiger partial charge is 0.491 e. The van der Waals surface area contributed by atoms with Crippen molar-refractivity contribution < 1.29 is 23.7 Å². The van der Waals surface area contributed by atoms with Crippen LogP contribution in [0, 0.1) is 0 Å². The molecule has 2 aromatic carbocycles. The van der Waals surface area contributed by atoms with Crippen LogP contribution in [0.15, 0.2) is 48.5 Å². The Kier molecular flexibility index (Phi) is 9.91. The van der Waals surface area contributed by atoms with Gasteiger partial charge in [-0.3, -0.25) is 10.1 Å². The van der Waals surface area contributed by atoms with Gasteiger partial charge >= 0.3 is 0 Å². The zero-order valence-electron chi connectivity index (χ0n) is 16.6. The number of thiocarbonyl (C=S) groups is 1. The van der Waals surface area contributed by atoms with Gasteiger partial charge in [-0.15, -0.1) is 0 Å². The number of amides is 1. The van der Waals surface area contributed by atoms with Gasteiger partial charge < -0.3 is 24.3 Å². The third-order valence-corrected chi connectivity index (χ3v) is 3.90. The van der Waals surface area contributed by atoms with E-state index in [1.807, 2.05) is 25.1 Å². The van der Waals surface area contributed by atoms with Crippen molar-refractivity contribution in [3.63, 3.8) is 0 Å². The van der Waals surface area contributed by atoms with E-state index in [-0.39, 0.29) is 11.0 Å². The Bertz CT molecular complexity index is 800. The zero-order chi connectivity index (χ0) is 20.9. The Hall–Kier alpha value is -2.68. The number of benzene rings is 2. The molecular formula is C21H26N2O5S. The summed E-state index contributed by atoms with van der Waals surface area (Å²) in [6.45, 7) is 4.28. The molecule has 0 bridgehead atoms. The first-order valence-electron chi connectivity index (χ1n) is 9.27. The fourth-order valence-electron chi connectivity index (χ4n) is 2.37. The van der Waals surface area contributed by atoms with Crippen LogP contribution in [0.1, 0.15) is 17.3 Å². The van der Waals surface area contributed by atoms with Gasteiger partial charge in [0.1, 0.15) is 24.7 Å². The number of anilines is 1. The van der Waals surface area contributed by atoms with Crippen molar-refractivity contribution in [2.75, 3.05) is 45.5 Å². The fraction of sp³-hybridized carbons (Fsp3) is 0.333. The molecule has 0 unspecified atom stereocenters. The summed E-state index contributed by atoms with van der Waals surface area (Å²) in [6.07, 6.45) is 0. The van der Waals surface area contributed by atoms with Crippen LogP contribution < -0.4 is 20.1 Å². The molecule has 7 nitrogen and oxygen atoms in total. The fourth-order valence-corrected chi connectivity index (χ4v) is 2.58. The topological polar surface area (TPSA) is 78.1 Å². The van der Waals surface area contributed by atoms with Crippen molar-refractivity contribution in [2.24, 2.45) is 0 Å². The van der Waals surface area contributed by atoms with E-state index in [4.69, 9.17) is 31.2 Å². The maximum absolute atomic E-state index is 12.6. The number of carbonyl (C=O) groups is 1. The molecule has 2 aromatic rings. The number of para-hydroxylation sites is 1. The Labute approximate surface area is 176 Å². The first-order chi connectivity index (χ1) is 14.1. The highest BCUT2D eigenvalue weighted by Gasteiger charge is 2.13. The number of ether oxygens (including phenoxy) is 4. The number of rotatable bonds is 11. The molecule has 0 atom stereocenters. The number of hydrogen-bond acceptors (Lipinski definition) is 6. The van der Waals surface area contributed by atoms with Crippen LogP contribution in [0.2, 0.25) is 0 Å². The molecule has 0 aliphatic rings. The Morgan fingerprint density at radius 1 is 1.00 bits per heavy atom. The maximum Gasteiger partial charge on any atom is 0.261 e. The molecular weight excluding hydrogens is 392 g/mol. The van der Waals surface area contributed by atoms with Gasteiger partial charge in [0.05, 0.1) is 18.8 Å². The Morgan fingerprint density at radius 3 is 2.59 bits per heavy atom. The molecule has 1 amide bonds. The van der Waals surface area contributed by atoms with Crippen molar-refractivity contribution in [2.45, 2.75) is 6.92 Å². The third-order valence-electron chi connectivity index (χ3n) is 3.70. The summed E-state index contributed by atoms with van der Waals surface area (Å²) in [5.74, 6) is 0.789. The van der Waals surface area contributed by atoms with Crippen LogP contribution in [0.5, 0.6) is 11.5 Å². The summed E-state index contributed by atoms with van der Waals surface area (Å²) in [6, 6.07) is 14.3. The number of methoxy groups -OCH3 is 1. The van der Waals surface area contributed by atoms with E-state index in [9.17, 15) is 4.79 Å². The predicted molar refractivity (Wildman–Crippen MR) is 116 cm³/mol.